The summed E-state index contributed by atoms with van der Waals surface area (Å²) < 4.78 is 11.4. The third-order valence-corrected chi connectivity index (χ3v) is 4.30. The molecule has 1 aromatic carbocycles. The number of ether oxygens (including phenoxy) is 1. The van der Waals surface area contributed by atoms with Gasteiger partial charge in [0.25, 0.3) is 5.89 Å². The molecule has 0 aliphatic heterocycles. The molecule has 1 unspecified atom stereocenters. The van der Waals surface area contributed by atoms with Crippen LogP contribution in [0.3, 0.4) is 0 Å². The van der Waals surface area contributed by atoms with Crippen molar-refractivity contribution in [2.24, 2.45) is 5.73 Å². The molecule has 1 aliphatic rings. The zero-order valence-corrected chi connectivity index (χ0v) is 13.2. The zero-order chi connectivity index (χ0) is 15.6. The summed E-state index contributed by atoms with van der Waals surface area (Å²) in [5.41, 5.74) is 7.11. The molecule has 1 aromatic heterocycles. The molecule has 2 N–H and O–H groups in total. The number of hydrogen-bond donors (Lipinski definition) is 1. The molecule has 0 spiro atoms. The molecule has 118 valence electrons. The van der Waals surface area contributed by atoms with Gasteiger partial charge in [0, 0.05) is 0 Å². The summed E-state index contributed by atoms with van der Waals surface area (Å²) in [7, 11) is 0. The van der Waals surface area contributed by atoms with Crippen LogP contribution < -0.4 is 10.5 Å². The lowest BCUT2D eigenvalue weighted by atomic mass is 9.99. The molecule has 2 aromatic rings. The van der Waals surface area contributed by atoms with E-state index in [-0.39, 0.29) is 6.10 Å². The number of hydrogen-bond acceptors (Lipinski definition) is 5. The molecule has 1 heterocycles. The van der Waals surface area contributed by atoms with E-state index in [9.17, 15) is 0 Å². The smallest absolute Gasteiger partial charge is 0.267 e. The van der Waals surface area contributed by atoms with Gasteiger partial charge in [-0.2, -0.15) is 4.98 Å². The highest BCUT2D eigenvalue weighted by Gasteiger charge is 2.36. The lowest BCUT2D eigenvalue weighted by Gasteiger charge is -2.18. The maximum atomic E-state index is 6.38. The van der Waals surface area contributed by atoms with Crippen molar-refractivity contribution in [3.63, 3.8) is 0 Å². The van der Waals surface area contributed by atoms with Crippen molar-refractivity contribution in [3.05, 3.63) is 41.5 Å². The minimum atomic E-state index is -0.427. The molecule has 5 heteroatoms. The Labute approximate surface area is 130 Å². The Balaban J connectivity index is 1.78. The van der Waals surface area contributed by atoms with Crippen LogP contribution in [0.25, 0.3) is 0 Å². The van der Waals surface area contributed by atoms with E-state index in [2.05, 4.69) is 10.1 Å². The molecule has 0 radical (unpaired) electrons. The largest absolute Gasteiger partial charge is 0.481 e. The monoisotopic (exact) mass is 301 g/mol. The van der Waals surface area contributed by atoms with Crippen molar-refractivity contribution in [1.29, 1.82) is 0 Å². The second kappa shape index (κ2) is 6.08. The van der Waals surface area contributed by atoms with E-state index in [0.717, 1.165) is 43.4 Å². The van der Waals surface area contributed by atoms with E-state index >= 15 is 0 Å². The topological polar surface area (TPSA) is 74.2 Å². The maximum Gasteiger partial charge on any atom is 0.267 e. The Kier molecular flexibility index (Phi) is 4.16. The summed E-state index contributed by atoms with van der Waals surface area (Å²) in [6.45, 7) is 4.08. The number of nitrogens with two attached hydrogens (primary N) is 1. The number of aromatic nitrogens is 2. The number of nitrogens with zero attached hydrogens (tertiary/aromatic N) is 2. The van der Waals surface area contributed by atoms with Crippen LogP contribution in [0.5, 0.6) is 5.75 Å². The molecular weight excluding hydrogens is 278 g/mol. The molecule has 0 amide bonds. The van der Waals surface area contributed by atoms with Crippen LogP contribution in [0.1, 0.15) is 62.4 Å². The van der Waals surface area contributed by atoms with Crippen molar-refractivity contribution in [3.8, 4) is 5.75 Å². The average Bonchev–Trinajstić information content (AvgIpc) is 3.15. The molecule has 22 heavy (non-hydrogen) atoms. The molecular formula is C17H23N3O2. The van der Waals surface area contributed by atoms with Crippen molar-refractivity contribution in [2.45, 2.75) is 57.6 Å². The second-order valence-corrected chi connectivity index (χ2v) is 6.15. The van der Waals surface area contributed by atoms with Crippen LogP contribution in [0, 0.1) is 6.92 Å². The Bertz CT molecular complexity index is 632. The summed E-state index contributed by atoms with van der Waals surface area (Å²) in [6, 6.07) is 7.95. The van der Waals surface area contributed by atoms with Gasteiger partial charge in [0.2, 0.25) is 0 Å². The lowest BCUT2D eigenvalue weighted by molar-refractivity contribution is 0.154. The van der Waals surface area contributed by atoms with Crippen molar-refractivity contribution in [2.75, 3.05) is 0 Å². The molecule has 3 rings (SSSR count). The lowest BCUT2D eigenvalue weighted by Crippen LogP contribution is -2.34. The third-order valence-electron chi connectivity index (χ3n) is 4.30. The molecule has 0 saturated heterocycles. The molecule has 1 saturated carbocycles. The first-order chi connectivity index (χ1) is 10.6. The molecule has 1 aliphatic carbocycles. The van der Waals surface area contributed by atoms with Gasteiger partial charge in [-0.25, -0.2) is 0 Å². The van der Waals surface area contributed by atoms with Crippen LogP contribution in [-0.4, -0.2) is 10.1 Å². The highest BCUT2D eigenvalue weighted by Crippen LogP contribution is 2.35. The molecule has 0 bridgehead atoms. The Hall–Kier alpha value is -1.88. The van der Waals surface area contributed by atoms with E-state index < -0.39 is 5.54 Å². The Morgan fingerprint density at radius 1 is 1.36 bits per heavy atom. The van der Waals surface area contributed by atoms with Crippen molar-refractivity contribution < 1.29 is 9.26 Å². The summed E-state index contributed by atoms with van der Waals surface area (Å²) in [5.74, 6) is 1.94. The van der Waals surface area contributed by atoms with E-state index in [1.807, 2.05) is 38.1 Å². The normalized spacial score (nSPS) is 18.3. The highest BCUT2D eigenvalue weighted by molar-refractivity contribution is 5.27. The first kappa shape index (κ1) is 15.0. The van der Waals surface area contributed by atoms with Crippen LogP contribution in [0.4, 0.5) is 0 Å². The predicted molar refractivity (Wildman–Crippen MR) is 83.5 cm³/mol. The van der Waals surface area contributed by atoms with Crippen LogP contribution in [0.15, 0.2) is 28.8 Å². The van der Waals surface area contributed by atoms with Gasteiger partial charge < -0.3 is 15.0 Å². The number of aryl methyl sites for hydroxylation is 1. The summed E-state index contributed by atoms with van der Waals surface area (Å²) >= 11 is 0. The Morgan fingerprint density at radius 3 is 2.82 bits per heavy atom. The fraction of sp³-hybridized carbons (Fsp3) is 0.529. The summed E-state index contributed by atoms with van der Waals surface area (Å²) in [5, 5.41) is 4.11. The van der Waals surface area contributed by atoms with E-state index in [1.165, 1.54) is 0 Å². The predicted octanol–water partition coefficient (Wildman–Crippen LogP) is 3.64. The fourth-order valence-electron chi connectivity index (χ4n) is 2.96. The van der Waals surface area contributed by atoms with Gasteiger partial charge in [0.05, 0.1) is 5.54 Å². The first-order valence-corrected chi connectivity index (χ1v) is 7.97. The summed E-state index contributed by atoms with van der Waals surface area (Å²) in [4.78, 5) is 4.53. The summed E-state index contributed by atoms with van der Waals surface area (Å²) in [6.07, 6.45) is 4.60. The van der Waals surface area contributed by atoms with Gasteiger partial charge >= 0.3 is 0 Å². The van der Waals surface area contributed by atoms with Crippen LogP contribution in [-0.2, 0) is 5.54 Å². The maximum absolute atomic E-state index is 6.38. The van der Waals surface area contributed by atoms with Gasteiger partial charge in [-0.3, -0.25) is 0 Å². The van der Waals surface area contributed by atoms with E-state index in [1.54, 1.807) is 0 Å². The fourth-order valence-corrected chi connectivity index (χ4v) is 2.96. The number of rotatable bonds is 5. The molecule has 1 fully saturated rings. The van der Waals surface area contributed by atoms with Gasteiger partial charge in [-0.15, -0.1) is 0 Å². The van der Waals surface area contributed by atoms with Gasteiger partial charge in [-0.05, 0) is 43.9 Å². The SMILES string of the molecule is CCC(Oc1cccc(C)c1)c1nc(C2(N)CCCC2)no1. The van der Waals surface area contributed by atoms with E-state index in [4.69, 9.17) is 15.0 Å². The molecule has 5 nitrogen and oxygen atoms in total. The quantitative estimate of drug-likeness (QED) is 0.912. The molecule has 1 atom stereocenters. The van der Waals surface area contributed by atoms with Gasteiger partial charge in [-0.1, -0.05) is 37.1 Å². The van der Waals surface area contributed by atoms with Gasteiger partial charge in [0.1, 0.15) is 5.75 Å². The highest BCUT2D eigenvalue weighted by atomic mass is 16.5. The van der Waals surface area contributed by atoms with Gasteiger partial charge in [0.15, 0.2) is 11.9 Å². The van der Waals surface area contributed by atoms with Crippen molar-refractivity contribution in [1.82, 2.24) is 10.1 Å². The minimum Gasteiger partial charge on any atom is -0.481 e. The van der Waals surface area contributed by atoms with E-state index in [0.29, 0.717) is 11.7 Å². The third kappa shape index (κ3) is 2.99. The standard InChI is InChI=1S/C17H23N3O2/c1-3-14(21-13-8-6-7-12(2)11-13)15-19-16(20-22-15)17(18)9-4-5-10-17/h6-8,11,14H,3-5,9-10,18H2,1-2H3. The number of benzene rings is 1. The average molecular weight is 301 g/mol. The zero-order valence-electron chi connectivity index (χ0n) is 13.2. The minimum absolute atomic E-state index is 0.243. The van der Waals surface area contributed by atoms with Crippen LogP contribution in [0.2, 0.25) is 0 Å². The second-order valence-electron chi connectivity index (χ2n) is 6.15. The Morgan fingerprint density at radius 2 is 2.14 bits per heavy atom. The van der Waals surface area contributed by atoms with Crippen LogP contribution >= 0.6 is 0 Å². The first-order valence-electron chi connectivity index (χ1n) is 7.97. The van der Waals surface area contributed by atoms with Crippen molar-refractivity contribution >= 4 is 0 Å².